The van der Waals surface area contributed by atoms with E-state index in [1.807, 2.05) is 0 Å². The van der Waals surface area contributed by atoms with Crippen molar-refractivity contribution in [3.8, 4) is 0 Å². The standard InChI is InChI=1S/C16H25BrN2/c1-4-9-18-14-8-10-19(11-13(14)3)15-7-5-6-12(2)16(15)17/h5-7,13-14,18H,4,8-11H2,1-3H3. The van der Waals surface area contributed by atoms with E-state index in [0.717, 1.165) is 19.6 Å². The Morgan fingerprint density at radius 2 is 2.21 bits per heavy atom. The lowest BCUT2D eigenvalue weighted by atomic mass is 9.93. The van der Waals surface area contributed by atoms with Crippen LogP contribution < -0.4 is 10.2 Å². The first kappa shape index (κ1) is 14.9. The van der Waals surface area contributed by atoms with Crippen LogP contribution in [0.2, 0.25) is 0 Å². The molecule has 0 spiro atoms. The third kappa shape index (κ3) is 3.51. The summed E-state index contributed by atoms with van der Waals surface area (Å²) in [6.45, 7) is 10.2. The van der Waals surface area contributed by atoms with Crippen molar-refractivity contribution in [2.45, 2.75) is 39.7 Å². The molecule has 1 fully saturated rings. The fourth-order valence-electron chi connectivity index (χ4n) is 2.87. The molecule has 0 amide bonds. The highest BCUT2D eigenvalue weighted by molar-refractivity contribution is 9.10. The number of halogens is 1. The van der Waals surface area contributed by atoms with Crippen molar-refractivity contribution in [1.82, 2.24) is 5.32 Å². The maximum atomic E-state index is 3.74. The second-order valence-corrected chi connectivity index (χ2v) is 6.47. The molecule has 19 heavy (non-hydrogen) atoms. The number of benzene rings is 1. The number of hydrogen-bond donors (Lipinski definition) is 1. The number of nitrogens with zero attached hydrogens (tertiary/aromatic N) is 1. The molecule has 1 saturated heterocycles. The van der Waals surface area contributed by atoms with Crippen LogP contribution in [-0.4, -0.2) is 25.7 Å². The zero-order valence-electron chi connectivity index (χ0n) is 12.2. The first-order chi connectivity index (χ1) is 9.13. The van der Waals surface area contributed by atoms with E-state index in [9.17, 15) is 0 Å². The molecular weight excluding hydrogens is 300 g/mol. The Hall–Kier alpha value is -0.540. The summed E-state index contributed by atoms with van der Waals surface area (Å²) < 4.78 is 1.25. The molecule has 1 N–H and O–H groups in total. The minimum absolute atomic E-state index is 0.680. The van der Waals surface area contributed by atoms with E-state index in [-0.39, 0.29) is 0 Å². The van der Waals surface area contributed by atoms with Gasteiger partial charge in [0, 0.05) is 23.6 Å². The molecule has 1 aromatic rings. The monoisotopic (exact) mass is 324 g/mol. The molecule has 2 unspecified atom stereocenters. The zero-order valence-corrected chi connectivity index (χ0v) is 13.8. The summed E-state index contributed by atoms with van der Waals surface area (Å²) >= 11 is 3.74. The van der Waals surface area contributed by atoms with Crippen molar-refractivity contribution in [3.63, 3.8) is 0 Å². The van der Waals surface area contributed by atoms with Crippen molar-refractivity contribution >= 4 is 21.6 Å². The lowest BCUT2D eigenvalue weighted by Crippen LogP contribution is -2.48. The number of rotatable bonds is 4. The molecule has 2 rings (SSSR count). The quantitative estimate of drug-likeness (QED) is 0.901. The molecule has 3 heteroatoms. The normalized spacial score (nSPS) is 23.7. The molecule has 0 saturated carbocycles. The summed E-state index contributed by atoms with van der Waals surface area (Å²) in [5.41, 5.74) is 2.66. The highest BCUT2D eigenvalue weighted by Gasteiger charge is 2.26. The SMILES string of the molecule is CCCNC1CCN(c2cccc(C)c2Br)CC1C. The Kier molecular flexibility index (Phi) is 5.28. The lowest BCUT2D eigenvalue weighted by Gasteiger charge is -2.39. The number of piperidine rings is 1. The van der Waals surface area contributed by atoms with E-state index in [2.05, 4.69) is 65.1 Å². The first-order valence-corrected chi connectivity index (χ1v) is 8.16. The van der Waals surface area contributed by atoms with Crippen LogP contribution in [0.3, 0.4) is 0 Å². The molecule has 1 heterocycles. The van der Waals surface area contributed by atoms with Gasteiger partial charge in [-0.15, -0.1) is 0 Å². The maximum absolute atomic E-state index is 3.74. The third-order valence-corrected chi connectivity index (χ3v) is 5.11. The van der Waals surface area contributed by atoms with E-state index < -0.39 is 0 Å². The van der Waals surface area contributed by atoms with Crippen LogP contribution >= 0.6 is 15.9 Å². The van der Waals surface area contributed by atoms with E-state index in [4.69, 9.17) is 0 Å². The van der Waals surface area contributed by atoms with Crippen molar-refractivity contribution in [3.05, 3.63) is 28.2 Å². The van der Waals surface area contributed by atoms with Crippen molar-refractivity contribution in [1.29, 1.82) is 0 Å². The highest BCUT2D eigenvalue weighted by Crippen LogP contribution is 2.32. The van der Waals surface area contributed by atoms with Gasteiger partial charge in [0.25, 0.3) is 0 Å². The van der Waals surface area contributed by atoms with Crippen LogP contribution in [0.5, 0.6) is 0 Å². The van der Waals surface area contributed by atoms with E-state index in [0.29, 0.717) is 12.0 Å². The number of hydrogen-bond acceptors (Lipinski definition) is 2. The van der Waals surface area contributed by atoms with Crippen molar-refractivity contribution in [2.75, 3.05) is 24.5 Å². The largest absolute Gasteiger partial charge is 0.370 e. The van der Waals surface area contributed by atoms with Gasteiger partial charge in [0.05, 0.1) is 5.69 Å². The third-order valence-electron chi connectivity index (χ3n) is 4.07. The predicted molar refractivity (Wildman–Crippen MR) is 87.0 cm³/mol. The van der Waals surface area contributed by atoms with Crippen LogP contribution in [0.1, 0.15) is 32.3 Å². The number of aryl methyl sites for hydroxylation is 1. The fourth-order valence-corrected chi connectivity index (χ4v) is 3.39. The van der Waals surface area contributed by atoms with Crippen LogP contribution in [0.15, 0.2) is 22.7 Å². The van der Waals surface area contributed by atoms with Crippen molar-refractivity contribution in [2.24, 2.45) is 5.92 Å². The van der Waals surface area contributed by atoms with Crippen LogP contribution in [0.4, 0.5) is 5.69 Å². The van der Waals surface area contributed by atoms with Crippen LogP contribution in [0.25, 0.3) is 0 Å². The van der Waals surface area contributed by atoms with E-state index in [1.54, 1.807) is 0 Å². The molecule has 106 valence electrons. The Morgan fingerprint density at radius 3 is 2.89 bits per heavy atom. The van der Waals surface area contributed by atoms with Gasteiger partial charge >= 0.3 is 0 Å². The summed E-state index contributed by atoms with van der Waals surface area (Å²) in [5, 5.41) is 3.68. The van der Waals surface area contributed by atoms with E-state index in [1.165, 1.54) is 28.6 Å². The molecule has 1 aromatic carbocycles. The highest BCUT2D eigenvalue weighted by atomic mass is 79.9. The molecule has 0 aromatic heterocycles. The molecule has 0 aliphatic carbocycles. The molecule has 2 atom stereocenters. The van der Waals surface area contributed by atoms with Gasteiger partial charge in [0.2, 0.25) is 0 Å². The molecule has 0 bridgehead atoms. The van der Waals surface area contributed by atoms with Gasteiger partial charge in [-0.3, -0.25) is 0 Å². The number of nitrogens with one attached hydrogen (secondary N) is 1. The molecular formula is C16H25BrN2. The Labute approximate surface area is 125 Å². The predicted octanol–water partition coefficient (Wildman–Crippen LogP) is 3.97. The summed E-state index contributed by atoms with van der Waals surface area (Å²) in [7, 11) is 0. The van der Waals surface area contributed by atoms with Gasteiger partial charge in [-0.2, -0.15) is 0 Å². The Balaban J connectivity index is 2.03. The number of anilines is 1. The fraction of sp³-hybridized carbons (Fsp3) is 0.625. The van der Waals surface area contributed by atoms with Gasteiger partial charge in [-0.1, -0.05) is 26.0 Å². The second kappa shape index (κ2) is 6.76. The van der Waals surface area contributed by atoms with Gasteiger partial charge in [0.1, 0.15) is 0 Å². The molecule has 1 aliphatic rings. The molecule has 0 radical (unpaired) electrons. The zero-order chi connectivity index (χ0) is 13.8. The van der Waals surface area contributed by atoms with Crippen LogP contribution in [0, 0.1) is 12.8 Å². The second-order valence-electron chi connectivity index (χ2n) is 5.68. The topological polar surface area (TPSA) is 15.3 Å². The average molecular weight is 325 g/mol. The first-order valence-electron chi connectivity index (χ1n) is 7.37. The summed E-state index contributed by atoms with van der Waals surface area (Å²) in [5.74, 6) is 0.702. The van der Waals surface area contributed by atoms with Gasteiger partial charge in [-0.05, 0) is 59.8 Å². The van der Waals surface area contributed by atoms with Gasteiger partial charge in [-0.25, -0.2) is 0 Å². The average Bonchev–Trinajstić information content (AvgIpc) is 2.40. The maximum Gasteiger partial charge on any atom is 0.0513 e. The minimum atomic E-state index is 0.680. The molecule has 2 nitrogen and oxygen atoms in total. The minimum Gasteiger partial charge on any atom is -0.370 e. The van der Waals surface area contributed by atoms with Gasteiger partial charge in [0.15, 0.2) is 0 Å². The lowest BCUT2D eigenvalue weighted by molar-refractivity contribution is 0.322. The Bertz CT molecular complexity index is 419. The molecule has 1 aliphatic heterocycles. The Morgan fingerprint density at radius 1 is 1.42 bits per heavy atom. The summed E-state index contributed by atoms with van der Waals surface area (Å²) in [6.07, 6.45) is 2.46. The van der Waals surface area contributed by atoms with Gasteiger partial charge < -0.3 is 10.2 Å². The van der Waals surface area contributed by atoms with Crippen molar-refractivity contribution < 1.29 is 0 Å². The smallest absolute Gasteiger partial charge is 0.0513 e. The summed E-state index contributed by atoms with van der Waals surface area (Å²) in [6, 6.07) is 7.22. The van der Waals surface area contributed by atoms with E-state index >= 15 is 0 Å². The van der Waals surface area contributed by atoms with Crippen LogP contribution in [-0.2, 0) is 0 Å². The summed E-state index contributed by atoms with van der Waals surface area (Å²) in [4.78, 5) is 2.52.